The van der Waals surface area contributed by atoms with E-state index >= 15 is 0 Å². The Labute approximate surface area is 164 Å². The molecule has 0 bridgehead atoms. The molecule has 2 rings (SSSR count). The molecule has 2 N–H and O–H groups in total. The lowest BCUT2D eigenvalue weighted by Gasteiger charge is -2.23. The minimum absolute atomic E-state index is 0.190. The largest absolute Gasteiger partial charge is 0.573 e. The molecule has 0 aliphatic carbocycles. The van der Waals surface area contributed by atoms with Gasteiger partial charge in [0.1, 0.15) is 11.4 Å². The minimum Gasteiger partial charge on any atom is -0.406 e. The smallest absolute Gasteiger partial charge is 0.406 e. The van der Waals surface area contributed by atoms with Gasteiger partial charge in [0, 0.05) is 12.3 Å². The first-order valence-electron chi connectivity index (χ1n) is 8.24. The van der Waals surface area contributed by atoms with Gasteiger partial charge < -0.3 is 10.1 Å². The van der Waals surface area contributed by atoms with E-state index in [-0.39, 0.29) is 5.92 Å². The SMILES string of the molecule is CC(C)C(NC(=O)c1cc(=O)[nH]c(S(C)(=O)=O)n1)c1ccc(OC(F)(F)F)cc1. The van der Waals surface area contributed by atoms with Crippen LogP contribution in [0, 0.1) is 5.92 Å². The van der Waals surface area contributed by atoms with Gasteiger partial charge in [0.05, 0.1) is 6.04 Å². The van der Waals surface area contributed by atoms with Gasteiger partial charge in [0.2, 0.25) is 15.0 Å². The van der Waals surface area contributed by atoms with Crippen LogP contribution in [0.4, 0.5) is 13.2 Å². The van der Waals surface area contributed by atoms with Crippen LogP contribution in [0.25, 0.3) is 0 Å². The fourth-order valence-electron chi connectivity index (χ4n) is 2.45. The quantitative estimate of drug-likeness (QED) is 0.675. The molecule has 1 unspecified atom stereocenters. The first kappa shape index (κ1) is 22.4. The number of amides is 1. The van der Waals surface area contributed by atoms with E-state index in [9.17, 15) is 31.2 Å². The molecular formula is C17H18F3N3O5S. The van der Waals surface area contributed by atoms with Gasteiger partial charge in [-0.1, -0.05) is 26.0 Å². The van der Waals surface area contributed by atoms with Crippen molar-refractivity contribution in [2.75, 3.05) is 6.26 Å². The second kappa shape index (κ2) is 8.23. The van der Waals surface area contributed by atoms with Crippen LogP contribution in [-0.2, 0) is 9.84 Å². The Morgan fingerprint density at radius 2 is 1.79 bits per heavy atom. The summed E-state index contributed by atoms with van der Waals surface area (Å²) >= 11 is 0. The highest BCUT2D eigenvalue weighted by atomic mass is 32.2. The number of ether oxygens (including phenoxy) is 1. The number of alkyl halides is 3. The summed E-state index contributed by atoms with van der Waals surface area (Å²) in [6.07, 6.45) is -4.00. The van der Waals surface area contributed by atoms with Crippen molar-refractivity contribution in [1.29, 1.82) is 0 Å². The molecule has 29 heavy (non-hydrogen) atoms. The predicted octanol–water partition coefficient (Wildman–Crippen LogP) is 2.20. The van der Waals surface area contributed by atoms with Crippen molar-refractivity contribution in [2.45, 2.75) is 31.4 Å². The van der Waals surface area contributed by atoms with Crippen LogP contribution in [0.5, 0.6) is 5.75 Å². The zero-order chi connectivity index (χ0) is 22.0. The molecule has 0 fully saturated rings. The van der Waals surface area contributed by atoms with E-state index in [4.69, 9.17) is 0 Å². The summed E-state index contributed by atoms with van der Waals surface area (Å²) in [4.78, 5) is 29.9. The lowest BCUT2D eigenvalue weighted by atomic mass is 9.96. The number of hydrogen-bond acceptors (Lipinski definition) is 6. The zero-order valence-electron chi connectivity index (χ0n) is 15.6. The Kier molecular flexibility index (Phi) is 6.36. The second-order valence-electron chi connectivity index (χ2n) is 6.52. The standard InChI is InChI=1S/C17H18F3N3O5S/c1-9(2)14(10-4-6-11(7-5-10)28-17(18,19)20)23-15(25)12-8-13(24)22-16(21-12)29(3,26)27/h4-9,14H,1-3H3,(H,23,25)(H,21,22,24). The number of aromatic amines is 1. The first-order chi connectivity index (χ1) is 13.3. The third-order valence-electron chi connectivity index (χ3n) is 3.73. The van der Waals surface area contributed by atoms with Gasteiger partial charge in [0.15, 0.2) is 0 Å². The van der Waals surface area contributed by atoms with E-state index in [1.165, 1.54) is 12.1 Å². The molecule has 1 atom stereocenters. The van der Waals surface area contributed by atoms with E-state index in [1.54, 1.807) is 13.8 Å². The molecule has 0 saturated carbocycles. The van der Waals surface area contributed by atoms with Crippen molar-refractivity contribution >= 4 is 15.7 Å². The van der Waals surface area contributed by atoms with Crippen LogP contribution in [0.3, 0.4) is 0 Å². The Morgan fingerprint density at radius 1 is 1.21 bits per heavy atom. The summed E-state index contributed by atoms with van der Waals surface area (Å²) in [6.45, 7) is 3.52. The normalized spacial score (nSPS) is 13.2. The summed E-state index contributed by atoms with van der Waals surface area (Å²) in [7, 11) is -3.85. The molecule has 2 aromatic rings. The molecule has 1 amide bonds. The topological polar surface area (TPSA) is 118 Å². The third kappa shape index (κ3) is 6.31. The van der Waals surface area contributed by atoms with Crippen molar-refractivity contribution in [3.8, 4) is 5.75 Å². The number of rotatable bonds is 6. The molecule has 1 heterocycles. The third-order valence-corrected chi connectivity index (χ3v) is 4.63. The van der Waals surface area contributed by atoms with Crippen molar-refractivity contribution < 1.29 is 31.1 Å². The van der Waals surface area contributed by atoms with E-state index in [0.29, 0.717) is 5.56 Å². The molecule has 12 heteroatoms. The van der Waals surface area contributed by atoms with E-state index in [1.807, 2.05) is 4.98 Å². The number of nitrogens with zero attached hydrogens (tertiary/aromatic N) is 1. The van der Waals surface area contributed by atoms with Crippen molar-refractivity contribution in [2.24, 2.45) is 5.92 Å². The van der Waals surface area contributed by atoms with Crippen LogP contribution in [-0.4, -0.2) is 36.9 Å². The molecule has 8 nitrogen and oxygen atoms in total. The lowest BCUT2D eigenvalue weighted by Crippen LogP contribution is -2.33. The number of benzene rings is 1. The Hall–Kier alpha value is -2.89. The summed E-state index contributed by atoms with van der Waals surface area (Å²) in [5.41, 5.74) is -0.742. The predicted molar refractivity (Wildman–Crippen MR) is 96.1 cm³/mol. The Balaban J connectivity index is 2.28. The highest BCUT2D eigenvalue weighted by Gasteiger charge is 2.31. The highest BCUT2D eigenvalue weighted by Crippen LogP contribution is 2.27. The number of H-pyrrole nitrogens is 1. The van der Waals surface area contributed by atoms with Gasteiger partial charge in [-0.25, -0.2) is 13.4 Å². The van der Waals surface area contributed by atoms with E-state index in [2.05, 4.69) is 15.0 Å². The highest BCUT2D eigenvalue weighted by molar-refractivity contribution is 7.90. The van der Waals surface area contributed by atoms with Crippen molar-refractivity contribution in [3.63, 3.8) is 0 Å². The number of sulfone groups is 1. The Morgan fingerprint density at radius 3 is 2.28 bits per heavy atom. The molecule has 0 saturated heterocycles. The molecule has 0 aliphatic heterocycles. The maximum Gasteiger partial charge on any atom is 0.573 e. The van der Waals surface area contributed by atoms with Crippen LogP contribution < -0.4 is 15.6 Å². The van der Waals surface area contributed by atoms with Gasteiger partial charge in [-0.3, -0.25) is 14.6 Å². The monoisotopic (exact) mass is 433 g/mol. The minimum atomic E-state index is -4.82. The van der Waals surface area contributed by atoms with Gasteiger partial charge in [0.25, 0.3) is 11.5 Å². The molecule has 0 aliphatic rings. The summed E-state index contributed by atoms with van der Waals surface area (Å²) in [5, 5.41) is 1.96. The average molecular weight is 433 g/mol. The maximum atomic E-state index is 12.5. The fourth-order valence-corrected chi connectivity index (χ4v) is 3.00. The van der Waals surface area contributed by atoms with Crippen molar-refractivity contribution in [1.82, 2.24) is 15.3 Å². The lowest BCUT2D eigenvalue weighted by molar-refractivity contribution is -0.274. The summed E-state index contributed by atoms with van der Waals surface area (Å²) in [5.74, 6) is -1.41. The number of halogens is 3. The molecular weight excluding hydrogens is 415 g/mol. The molecule has 0 radical (unpaired) electrons. The molecule has 1 aromatic carbocycles. The number of carbonyl (C=O) groups excluding carboxylic acids is 1. The summed E-state index contributed by atoms with van der Waals surface area (Å²) in [6, 6.07) is 5.14. The molecule has 0 spiro atoms. The zero-order valence-corrected chi connectivity index (χ0v) is 16.4. The second-order valence-corrected chi connectivity index (χ2v) is 8.45. The first-order valence-corrected chi connectivity index (χ1v) is 10.1. The fraction of sp³-hybridized carbons (Fsp3) is 0.353. The summed E-state index contributed by atoms with van der Waals surface area (Å²) < 4.78 is 63.8. The number of nitrogens with one attached hydrogen (secondary N) is 2. The molecule has 1 aromatic heterocycles. The van der Waals surface area contributed by atoms with E-state index < -0.39 is 50.3 Å². The van der Waals surface area contributed by atoms with Gasteiger partial charge in [-0.05, 0) is 23.6 Å². The maximum absolute atomic E-state index is 12.5. The number of hydrogen-bond donors (Lipinski definition) is 2. The average Bonchev–Trinajstić information content (AvgIpc) is 2.57. The molecule has 158 valence electrons. The van der Waals surface area contributed by atoms with Crippen LogP contribution >= 0.6 is 0 Å². The van der Waals surface area contributed by atoms with Crippen LogP contribution in [0.2, 0.25) is 0 Å². The Bertz CT molecular complexity index is 1050. The van der Waals surface area contributed by atoms with Gasteiger partial charge in [-0.15, -0.1) is 13.2 Å². The number of carbonyl (C=O) groups is 1. The van der Waals surface area contributed by atoms with Crippen LogP contribution in [0.15, 0.2) is 40.3 Å². The van der Waals surface area contributed by atoms with Crippen molar-refractivity contribution in [3.05, 3.63) is 51.9 Å². The van der Waals surface area contributed by atoms with Crippen LogP contribution in [0.1, 0.15) is 35.9 Å². The van der Waals surface area contributed by atoms with Gasteiger partial charge >= 0.3 is 6.36 Å². The van der Waals surface area contributed by atoms with Gasteiger partial charge in [-0.2, -0.15) is 0 Å². The number of aromatic nitrogens is 2. The van der Waals surface area contributed by atoms with E-state index in [0.717, 1.165) is 24.5 Å².